The minimum absolute atomic E-state index is 0.678. The standard InChI is InChI=1S/C16H23N3/c1-14(13-19-7-2-3-8-19)11-18-12-16-6-4-5-15(9-16)10-17/h4-6,9,14,18H,2-3,7-8,11-13H2,1H3. The van der Waals surface area contributed by atoms with E-state index in [9.17, 15) is 0 Å². The maximum Gasteiger partial charge on any atom is 0.0991 e. The molecule has 1 aliphatic heterocycles. The van der Waals surface area contributed by atoms with E-state index in [1.807, 2.05) is 18.2 Å². The van der Waals surface area contributed by atoms with E-state index >= 15 is 0 Å². The molecule has 0 bridgehead atoms. The first-order valence-electron chi connectivity index (χ1n) is 7.20. The van der Waals surface area contributed by atoms with Gasteiger partial charge in [-0.3, -0.25) is 0 Å². The molecule has 19 heavy (non-hydrogen) atoms. The summed E-state index contributed by atoms with van der Waals surface area (Å²) < 4.78 is 0. The van der Waals surface area contributed by atoms with E-state index in [2.05, 4.69) is 29.3 Å². The minimum atomic E-state index is 0.678. The summed E-state index contributed by atoms with van der Waals surface area (Å²) in [4.78, 5) is 2.56. The van der Waals surface area contributed by atoms with Gasteiger partial charge in [0.15, 0.2) is 0 Å². The predicted octanol–water partition coefficient (Wildman–Crippen LogP) is 2.38. The third-order valence-corrected chi connectivity index (χ3v) is 3.65. The van der Waals surface area contributed by atoms with Crippen molar-refractivity contribution in [1.29, 1.82) is 5.26 Å². The average molecular weight is 257 g/mol. The van der Waals surface area contributed by atoms with Crippen molar-refractivity contribution in [3.63, 3.8) is 0 Å². The van der Waals surface area contributed by atoms with Crippen molar-refractivity contribution in [2.24, 2.45) is 5.92 Å². The molecule has 0 aromatic heterocycles. The van der Waals surface area contributed by atoms with E-state index < -0.39 is 0 Å². The third kappa shape index (κ3) is 4.66. The van der Waals surface area contributed by atoms with Crippen molar-refractivity contribution in [1.82, 2.24) is 10.2 Å². The summed E-state index contributed by atoms with van der Waals surface area (Å²) in [6.07, 6.45) is 2.72. The molecule has 1 fully saturated rings. The van der Waals surface area contributed by atoms with Crippen molar-refractivity contribution in [3.8, 4) is 6.07 Å². The molecule has 1 aromatic rings. The molecule has 0 spiro atoms. The lowest BCUT2D eigenvalue weighted by atomic mass is 10.1. The Morgan fingerprint density at radius 1 is 1.37 bits per heavy atom. The van der Waals surface area contributed by atoms with Crippen molar-refractivity contribution in [2.75, 3.05) is 26.2 Å². The van der Waals surface area contributed by atoms with Gasteiger partial charge >= 0.3 is 0 Å². The fourth-order valence-electron chi connectivity index (χ4n) is 2.68. The van der Waals surface area contributed by atoms with Crippen LogP contribution in [-0.2, 0) is 6.54 Å². The van der Waals surface area contributed by atoms with Crippen LogP contribution < -0.4 is 5.32 Å². The molecule has 0 amide bonds. The van der Waals surface area contributed by atoms with Gasteiger partial charge in [-0.1, -0.05) is 19.1 Å². The van der Waals surface area contributed by atoms with Gasteiger partial charge in [-0.25, -0.2) is 0 Å². The highest BCUT2D eigenvalue weighted by molar-refractivity contribution is 5.32. The molecule has 3 heteroatoms. The summed E-state index contributed by atoms with van der Waals surface area (Å²) in [5, 5.41) is 12.3. The molecule has 1 N–H and O–H groups in total. The molecular formula is C16H23N3. The lowest BCUT2D eigenvalue weighted by Crippen LogP contribution is -2.31. The van der Waals surface area contributed by atoms with Crippen molar-refractivity contribution in [3.05, 3.63) is 35.4 Å². The summed E-state index contributed by atoms with van der Waals surface area (Å²) in [5.74, 6) is 0.678. The van der Waals surface area contributed by atoms with Crippen LogP contribution in [0.15, 0.2) is 24.3 Å². The van der Waals surface area contributed by atoms with Gasteiger partial charge in [-0.05, 0) is 56.1 Å². The molecule has 1 atom stereocenters. The molecule has 1 unspecified atom stereocenters. The van der Waals surface area contributed by atoms with E-state index in [-0.39, 0.29) is 0 Å². The molecule has 2 rings (SSSR count). The van der Waals surface area contributed by atoms with E-state index in [0.29, 0.717) is 5.92 Å². The zero-order chi connectivity index (χ0) is 13.5. The molecule has 1 aliphatic rings. The monoisotopic (exact) mass is 257 g/mol. The summed E-state index contributed by atoms with van der Waals surface area (Å²) in [6, 6.07) is 10.00. The number of hydrogen-bond acceptors (Lipinski definition) is 3. The van der Waals surface area contributed by atoms with Crippen molar-refractivity contribution >= 4 is 0 Å². The molecule has 1 saturated heterocycles. The maximum absolute atomic E-state index is 8.86. The first-order valence-corrected chi connectivity index (χ1v) is 7.20. The molecule has 0 aliphatic carbocycles. The molecule has 0 saturated carbocycles. The summed E-state index contributed by atoms with van der Waals surface area (Å²) >= 11 is 0. The van der Waals surface area contributed by atoms with Crippen molar-refractivity contribution < 1.29 is 0 Å². The van der Waals surface area contributed by atoms with Gasteiger partial charge in [0.05, 0.1) is 11.6 Å². The number of nitriles is 1. The first-order chi connectivity index (χ1) is 9.28. The Kier molecular flexibility index (Phi) is 5.38. The number of rotatable bonds is 6. The van der Waals surface area contributed by atoms with Crippen LogP contribution in [-0.4, -0.2) is 31.1 Å². The summed E-state index contributed by atoms with van der Waals surface area (Å²) in [6.45, 7) is 7.93. The van der Waals surface area contributed by atoms with Gasteiger partial charge in [0, 0.05) is 13.1 Å². The second-order valence-corrected chi connectivity index (χ2v) is 5.56. The first kappa shape index (κ1) is 14.0. The quantitative estimate of drug-likeness (QED) is 0.850. The highest BCUT2D eigenvalue weighted by Gasteiger charge is 2.14. The van der Waals surface area contributed by atoms with Crippen LogP contribution >= 0.6 is 0 Å². The molecule has 0 radical (unpaired) electrons. The zero-order valence-electron chi connectivity index (χ0n) is 11.7. The van der Waals surface area contributed by atoms with Crippen LogP contribution in [0.3, 0.4) is 0 Å². The van der Waals surface area contributed by atoms with E-state index in [1.165, 1.54) is 38.0 Å². The maximum atomic E-state index is 8.86. The van der Waals surface area contributed by atoms with Crippen LogP contribution in [0.2, 0.25) is 0 Å². The van der Waals surface area contributed by atoms with Crippen LogP contribution in [0.4, 0.5) is 0 Å². The topological polar surface area (TPSA) is 39.1 Å². The molecule has 1 heterocycles. The SMILES string of the molecule is CC(CNCc1cccc(C#N)c1)CN1CCCC1. The zero-order valence-corrected chi connectivity index (χ0v) is 11.7. The Balaban J connectivity index is 1.69. The van der Waals surface area contributed by atoms with Gasteiger partial charge in [-0.2, -0.15) is 5.26 Å². The van der Waals surface area contributed by atoms with E-state index in [4.69, 9.17) is 5.26 Å². The predicted molar refractivity (Wildman–Crippen MR) is 77.7 cm³/mol. The minimum Gasteiger partial charge on any atom is -0.312 e. The van der Waals surface area contributed by atoms with Crippen LogP contribution in [0.5, 0.6) is 0 Å². The normalized spacial score (nSPS) is 17.3. The number of nitrogens with one attached hydrogen (secondary N) is 1. The van der Waals surface area contributed by atoms with Crippen molar-refractivity contribution in [2.45, 2.75) is 26.3 Å². The Morgan fingerprint density at radius 3 is 2.89 bits per heavy atom. The smallest absolute Gasteiger partial charge is 0.0991 e. The lowest BCUT2D eigenvalue weighted by molar-refractivity contribution is 0.282. The summed E-state index contributed by atoms with van der Waals surface area (Å²) in [7, 11) is 0. The van der Waals surface area contributed by atoms with Crippen LogP contribution in [0.1, 0.15) is 30.9 Å². The molecule has 1 aromatic carbocycles. The van der Waals surface area contributed by atoms with Crippen LogP contribution in [0.25, 0.3) is 0 Å². The molecule has 102 valence electrons. The van der Waals surface area contributed by atoms with Gasteiger partial charge < -0.3 is 10.2 Å². The Morgan fingerprint density at radius 2 is 2.16 bits per heavy atom. The fraction of sp³-hybridized carbons (Fsp3) is 0.562. The largest absolute Gasteiger partial charge is 0.312 e. The third-order valence-electron chi connectivity index (χ3n) is 3.65. The lowest BCUT2D eigenvalue weighted by Gasteiger charge is -2.20. The number of hydrogen-bond donors (Lipinski definition) is 1. The van der Waals surface area contributed by atoms with Gasteiger partial charge in [0.2, 0.25) is 0 Å². The second-order valence-electron chi connectivity index (χ2n) is 5.56. The average Bonchev–Trinajstić information content (AvgIpc) is 2.92. The van der Waals surface area contributed by atoms with Gasteiger partial charge in [0.1, 0.15) is 0 Å². The van der Waals surface area contributed by atoms with Gasteiger partial charge in [-0.15, -0.1) is 0 Å². The Hall–Kier alpha value is -1.37. The number of likely N-dealkylation sites (tertiary alicyclic amines) is 1. The molecule has 3 nitrogen and oxygen atoms in total. The highest BCUT2D eigenvalue weighted by atomic mass is 15.1. The van der Waals surface area contributed by atoms with E-state index in [0.717, 1.165) is 18.7 Å². The number of nitrogens with zero attached hydrogens (tertiary/aromatic N) is 2. The number of benzene rings is 1. The second kappa shape index (κ2) is 7.28. The Bertz CT molecular complexity index is 430. The summed E-state index contributed by atoms with van der Waals surface area (Å²) in [5.41, 5.74) is 1.93. The van der Waals surface area contributed by atoms with E-state index in [1.54, 1.807) is 0 Å². The fourth-order valence-corrected chi connectivity index (χ4v) is 2.68. The van der Waals surface area contributed by atoms with Gasteiger partial charge in [0.25, 0.3) is 0 Å². The van der Waals surface area contributed by atoms with Crippen LogP contribution in [0, 0.1) is 17.2 Å². The highest BCUT2D eigenvalue weighted by Crippen LogP contribution is 2.10. The molecular weight excluding hydrogens is 234 g/mol. The Labute approximate surface area is 116 Å².